The van der Waals surface area contributed by atoms with Crippen molar-refractivity contribution in [2.24, 2.45) is 0 Å². The van der Waals surface area contributed by atoms with Crippen molar-refractivity contribution in [1.29, 1.82) is 0 Å². The zero-order valence-electron chi connectivity index (χ0n) is 23.3. The van der Waals surface area contributed by atoms with Crippen LogP contribution in [0.25, 0.3) is 0 Å². The number of nitrogens with one attached hydrogen (secondary N) is 1. The summed E-state index contributed by atoms with van der Waals surface area (Å²) < 4.78 is 65.4. The second kappa shape index (κ2) is 12.8. The van der Waals surface area contributed by atoms with E-state index in [0.29, 0.717) is 6.42 Å². The first kappa shape index (κ1) is 32.1. The quantitative estimate of drug-likeness (QED) is 0.399. The third-order valence-electron chi connectivity index (χ3n) is 5.93. The Balaban J connectivity index is 2.28. The fraction of sp³-hybridized carbons (Fsp3) is 0.500. The van der Waals surface area contributed by atoms with E-state index in [-0.39, 0.29) is 43.4 Å². The van der Waals surface area contributed by atoms with Gasteiger partial charge in [-0.1, -0.05) is 42.8 Å². The van der Waals surface area contributed by atoms with E-state index in [1.807, 2.05) is 58.9 Å². The molecule has 1 unspecified atom stereocenters. The molecule has 0 heterocycles. The van der Waals surface area contributed by atoms with E-state index in [0.717, 1.165) is 39.9 Å². The normalized spacial score (nSPS) is 13.1. The van der Waals surface area contributed by atoms with Crippen LogP contribution < -0.4 is 9.62 Å². The summed E-state index contributed by atoms with van der Waals surface area (Å²) in [6.07, 6.45) is -3.42. The van der Waals surface area contributed by atoms with Crippen molar-refractivity contribution in [3.05, 3.63) is 65.2 Å². The number of anilines is 1. The van der Waals surface area contributed by atoms with Gasteiger partial charge in [0.2, 0.25) is 21.8 Å². The summed E-state index contributed by atoms with van der Waals surface area (Å²) in [6.45, 7) is 9.25. The highest BCUT2D eigenvalue weighted by Gasteiger charge is 2.33. The Labute approximate surface area is 229 Å². The van der Waals surface area contributed by atoms with E-state index in [1.165, 1.54) is 11.0 Å². The van der Waals surface area contributed by atoms with Gasteiger partial charge in [0.15, 0.2) is 0 Å². The van der Waals surface area contributed by atoms with E-state index in [9.17, 15) is 31.2 Å². The standard InChI is InChI=1S/C28H38F3N3O4S/c1-7-24(26(36)32-27(3,4)5)33(19-21-12-8-11-20(2)17-21)25(35)15-10-16-34(39(6,37)38)23-14-9-13-22(18-23)28(29,30)31/h8-9,11-14,17-18,24H,7,10,15-16,19H2,1-6H3,(H,32,36). The van der Waals surface area contributed by atoms with Gasteiger partial charge in [0.05, 0.1) is 17.5 Å². The predicted octanol–water partition coefficient (Wildman–Crippen LogP) is 5.28. The molecule has 0 fully saturated rings. The minimum Gasteiger partial charge on any atom is -0.350 e. The average molecular weight is 570 g/mol. The molecule has 7 nitrogen and oxygen atoms in total. The molecule has 2 aromatic rings. The van der Waals surface area contributed by atoms with Gasteiger partial charge in [-0.3, -0.25) is 13.9 Å². The largest absolute Gasteiger partial charge is 0.416 e. The molecular weight excluding hydrogens is 531 g/mol. The maximum Gasteiger partial charge on any atom is 0.416 e. The van der Waals surface area contributed by atoms with Crippen molar-refractivity contribution in [2.45, 2.75) is 78.2 Å². The molecule has 39 heavy (non-hydrogen) atoms. The average Bonchev–Trinajstić information content (AvgIpc) is 2.79. The molecule has 0 aliphatic heterocycles. The molecule has 2 amide bonds. The summed E-state index contributed by atoms with van der Waals surface area (Å²) in [5.41, 5.74) is 0.227. The molecule has 0 aliphatic carbocycles. The molecule has 2 rings (SSSR count). The van der Waals surface area contributed by atoms with Gasteiger partial charge >= 0.3 is 6.18 Å². The molecule has 2 aromatic carbocycles. The van der Waals surface area contributed by atoms with Crippen LogP contribution in [0.2, 0.25) is 0 Å². The highest BCUT2D eigenvalue weighted by Crippen LogP contribution is 2.32. The van der Waals surface area contributed by atoms with Gasteiger partial charge in [0.25, 0.3) is 0 Å². The highest BCUT2D eigenvalue weighted by molar-refractivity contribution is 7.92. The van der Waals surface area contributed by atoms with Crippen LogP contribution in [0.5, 0.6) is 0 Å². The molecule has 0 saturated carbocycles. The third kappa shape index (κ3) is 9.87. The van der Waals surface area contributed by atoms with Crippen LogP contribution in [0.4, 0.5) is 18.9 Å². The van der Waals surface area contributed by atoms with E-state index in [1.54, 1.807) is 0 Å². The number of alkyl halides is 3. The third-order valence-corrected chi connectivity index (χ3v) is 7.13. The molecule has 216 valence electrons. The first-order valence-corrected chi connectivity index (χ1v) is 14.6. The highest BCUT2D eigenvalue weighted by atomic mass is 32.2. The van der Waals surface area contributed by atoms with Crippen molar-refractivity contribution < 1.29 is 31.2 Å². The zero-order chi connectivity index (χ0) is 29.6. The van der Waals surface area contributed by atoms with Crippen molar-refractivity contribution in [3.8, 4) is 0 Å². The second-order valence-corrected chi connectivity index (χ2v) is 12.6. The predicted molar refractivity (Wildman–Crippen MR) is 147 cm³/mol. The molecular formula is C28H38F3N3O4S. The van der Waals surface area contributed by atoms with Crippen molar-refractivity contribution >= 4 is 27.5 Å². The van der Waals surface area contributed by atoms with Crippen molar-refractivity contribution in [1.82, 2.24) is 10.2 Å². The number of carbonyl (C=O) groups excluding carboxylic acids is 2. The summed E-state index contributed by atoms with van der Waals surface area (Å²) in [6, 6.07) is 10.9. The lowest BCUT2D eigenvalue weighted by molar-refractivity contribution is -0.142. The number of halogens is 3. The fourth-order valence-electron chi connectivity index (χ4n) is 4.22. The lowest BCUT2D eigenvalue weighted by Gasteiger charge is -2.33. The minimum atomic E-state index is -4.63. The topological polar surface area (TPSA) is 86.8 Å². The maximum atomic E-state index is 13.5. The second-order valence-electron chi connectivity index (χ2n) is 10.7. The van der Waals surface area contributed by atoms with E-state index in [2.05, 4.69) is 5.32 Å². The Hall–Kier alpha value is -3.08. The van der Waals surface area contributed by atoms with Crippen LogP contribution in [0.15, 0.2) is 48.5 Å². The van der Waals surface area contributed by atoms with Crippen LogP contribution in [-0.4, -0.2) is 49.5 Å². The maximum absolute atomic E-state index is 13.5. The Bertz CT molecular complexity index is 1260. The Morgan fingerprint density at radius 3 is 2.21 bits per heavy atom. The Morgan fingerprint density at radius 1 is 1.03 bits per heavy atom. The van der Waals surface area contributed by atoms with E-state index in [4.69, 9.17) is 0 Å². The first-order chi connectivity index (χ1) is 17.9. The number of hydrogen-bond acceptors (Lipinski definition) is 4. The van der Waals surface area contributed by atoms with Crippen LogP contribution in [0.3, 0.4) is 0 Å². The summed E-state index contributed by atoms with van der Waals surface area (Å²) in [4.78, 5) is 28.1. The SMILES string of the molecule is CCC(C(=O)NC(C)(C)C)N(Cc1cccc(C)c1)C(=O)CCCN(c1cccc(C(F)(F)F)c1)S(C)(=O)=O. The van der Waals surface area contributed by atoms with Gasteiger partial charge in [-0.25, -0.2) is 8.42 Å². The molecule has 0 spiro atoms. The number of benzene rings is 2. The summed E-state index contributed by atoms with van der Waals surface area (Å²) in [5, 5.41) is 2.92. The van der Waals surface area contributed by atoms with Crippen LogP contribution in [0.1, 0.15) is 63.6 Å². The lowest BCUT2D eigenvalue weighted by Crippen LogP contribution is -2.53. The minimum absolute atomic E-state index is 0.0454. The molecule has 0 aromatic heterocycles. The number of aryl methyl sites for hydroxylation is 1. The molecule has 1 N–H and O–H groups in total. The first-order valence-electron chi connectivity index (χ1n) is 12.7. The molecule has 11 heteroatoms. The Morgan fingerprint density at radius 2 is 1.67 bits per heavy atom. The molecule has 1 atom stereocenters. The molecule has 0 aliphatic rings. The van der Waals surface area contributed by atoms with Gasteiger partial charge < -0.3 is 10.2 Å². The van der Waals surface area contributed by atoms with Crippen molar-refractivity contribution in [3.63, 3.8) is 0 Å². The van der Waals surface area contributed by atoms with Gasteiger partial charge in [-0.15, -0.1) is 0 Å². The number of carbonyl (C=O) groups is 2. The number of sulfonamides is 1. The summed E-state index contributed by atoms with van der Waals surface area (Å²) in [7, 11) is -3.93. The summed E-state index contributed by atoms with van der Waals surface area (Å²) in [5.74, 6) is -0.655. The molecule has 0 saturated heterocycles. The van der Waals surface area contributed by atoms with Crippen LogP contribution in [0, 0.1) is 6.92 Å². The number of hydrogen-bond donors (Lipinski definition) is 1. The Kier molecular flexibility index (Phi) is 10.6. The number of rotatable bonds is 11. The summed E-state index contributed by atoms with van der Waals surface area (Å²) >= 11 is 0. The van der Waals surface area contributed by atoms with Gasteiger partial charge in [-0.2, -0.15) is 13.2 Å². The molecule has 0 radical (unpaired) electrons. The lowest BCUT2D eigenvalue weighted by atomic mass is 10.0. The van der Waals surface area contributed by atoms with Gasteiger partial charge in [-0.05, 0) is 64.3 Å². The van der Waals surface area contributed by atoms with Gasteiger partial charge in [0, 0.05) is 25.0 Å². The fourth-order valence-corrected chi connectivity index (χ4v) is 5.18. The van der Waals surface area contributed by atoms with Crippen molar-refractivity contribution in [2.75, 3.05) is 17.1 Å². The monoisotopic (exact) mass is 569 g/mol. The van der Waals surface area contributed by atoms with Gasteiger partial charge in [0.1, 0.15) is 6.04 Å². The smallest absolute Gasteiger partial charge is 0.350 e. The van der Waals surface area contributed by atoms with E-state index < -0.39 is 33.3 Å². The van der Waals surface area contributed by atoms with Crippen LogP contribution >= 0.6 is 0 Å². The van der Waals surface area contributed by atoms with E-state index >= 15 is 0 Å². The molecule has 0 bridgehead atoms. The number of amides is 2. The zero-order valence-corrected chi connectivity index (χ0v) is 24.1. The van der Waals surface area contributed by atoms with Crippen LogP contribution in [-0.2, 0) is 32.3 Å². The number of nitrogens with zero attached hydrogens (tertiary/aromatic N) is 2.